The molecule has 1 aliphatic carbocycles. The number of carbonyl (C=O) groups excluding carboxylic acids is 1. The number of nitrogens with zero attached hydrogens (tertiary/aromatic N) is 4. The molecule has 138 valence electrons. The van der Waals surface area contributed by atoms with Gasteiger partial charge in [-0.1, -0.05) is 29.4 Å². The number of fused-ring (bicyclic) bond motifs is 1. The maximum absolute atomic E-state index is 13.1. The minimum atomic E-state index is -0.0632. The Morgan fingerprint density at radius 2 is 2.04 bits per heavy atom. The van der Waals surface area contributed by atoms with Gasteiger partial charge in [0.2, 0.25) is 0 Å². The predicted molar refractivity (Wildman–Crippen MR) is 99.4 cm³/mol. The molecule has 0 bridgehead atoms. The molecule has 6 nitrogen and oxygen atoms in total. The van der Waals surface area contributed by atoms with Crippen LogP contribution in [0.15, 0.2) is 41.1 Å². The monoisotopic (exact) mass is 362 g/mol. The first-order valence-electron chi connectivity index (χ1n) is 9.44. The summed E-state index contributed by atoms with van der Waals surface area (Å²) < 4.78 is 7.28. The minimum absolute atomic E-state index is 0.0632. The molecular weight excluding hydrogens is 340 g/mol. The molecule has 0 saturated heterocycles. The maximum atomic E-state index is 13.1. The van der Waals surface area contributed by atoms with Crippen molar-refractivity contribution >= 4 is 5.91 Å². The molecule has 1 saturated carbocycles. The third-order valence-electron chi connectivity index (χ3n) is 5.86. The van der Waals surface area contributed by atoms with Crippen molar-refractivity contribution in [3.8, 4) is 0 Å². The zero-order chi connectivity index (χ0) is 18.5. The smallest absolute Gasteiger partial charge is 0.276 e. The van der Waals surface area contributed by atoms with E-state index in [1.54, 1.807) is 0 Å². The molecule has 0 N–H and O–H groups in total. The maximum Gasteiger partial charge on any atom is 0.276 e. The van der Waals surface area contributed by atoms with Crippen molar-refractivity contribution in [2.24, 2.45) is 7.05 Å². The van der Waals surface area contributed by atoms with Crippen LogP contribution >= 0.6 is 0 Å². The van der Waals surface area contributed by atoms with E-state index in [-0.39, 0.29) is 11.8 Å². The summed E-state index contributed by atoms with van der Waals surface area (Å²) in [5.41, 5.74) is 5.16. The first kappa shape index (κ1) is 16.3. The predicted octanol–water partition coefficient (Wildman–Crippen LogP) is 3.38. The average Bonchev–Trinajstić information content (AvgIpc) is 3.33. The molecule has 5 rings (SSSR count). The fourth-order valence-electron chi connectivity index (χ4n) is 4.00. The van der Waals surface area contributed by atoms with Gasteiger partial charge in [0, 0.05) is 49.3 Å². The van der Waals surface area contributed by atoms with Gasteiger partial charge in [-0.05, 0) is 30.9 Å². The van der Waals surface area contributed by atoms with Crippen molar-refractivity contribution in [3.63, 3.8) is 0 Å². The van der Waals surface area contributed by atoms with Crippen LogP contribution < -0.4 is 0 Å². The zero-order valence-corrected chi connectivity index (χ0v) is 15.6. The molecule has 6 heteroatoms. The third kappa shape index (κ3) is 2.76. The highest BCUT2D eigenvalue weighted by Crippen LogP contribution is 2.40. The summed E-state index contributed by atoms with van der Waals surface area (Å²) in [6.45, 7) is 3.29. The molecule has 3 heterocycles. The van der Waals surface area contributed by atoms with E-state index in [1.807, 2.05) is 35.0 Å². The molecule has 3 aromatic rings. The highest BCUT2D eigenvalue weighted by atomic mass is 16.5. The Morgan fingerprint density at radius 1 is 1.22 bits per heavy atom. The number of rotatable bonds is 3. The van der Waals surface area contributed by atoms with Gasteiger partial charge < -0.3 is 9.42 Å². The van der Waals surface area contributed by atoms with Crippen LogP contribution in [0.3, 0.4) is 0 Å². The van der Waals surface area contributed by atoms with E-state index in [9.17, 15) is 4.79 Å². The number of aryl methyl sites for hydroxylation is 1. The summed E-state index contributed by atoms with van der Waals surface area (Å²) in [5, 5.41) is 8.45. The summed E-state index contributed by atoms with van der Waals surface area (Å²) in [5.74, 6) is 1.34. The molecule has 0 spiro atoms. The number of hydrogen-bond donors (Lipinski definition) is 0. The van der Waals surface area contributed by atoms with Crippen LogP contribution in [0.1, 0.15) is 63.3 Å². The molecular formula is C21H22N4O2. The van der Waals surface area contributed by atoms with Gasteiger partial charge in [0.15, 0.2) is 5.69 Å². The van der Waals surface area contributed by atoms with Crippen LogP contribution in [0.4, 0.5) is 0 Å². The highest BCUT2D eigenvalue weighted by molar-refractivity contribution is 5.92. The lowest BCUT2D eigenvalue weighted by atomic mass is 9.85. The Kier molecular flexibility index (Phi) is 3.67. The van der Waals surface area contributed by atoms with Crippen molar-refractivity contribution in [3.05, 3.63) is 70.4 Å². The number of benzene rings is 1. The molecule has 1 atom stereocenters. The molecule has 1 unspecified atom stereocenters. The summed E-state index contributed by atoms with van der Waals surface area (Å²) in [6, 6.07) is 10.2. The molecule has 2 aromatic heterocycles. The molecule has 27 heavy (non-hydrogen) atoms. The van der Waals surface area contributed by atoms with E-state index in [0.29, 0.717) is 24.7 Å². The molecule has 0 radical (unpaired) electrons. The van der Waals surface area contributed by atoms with E-state index in [2.05, 4.69) is 35.4 Å². The standard InChI is InChI=1S/C21H22N4O2/c1-13-17(10-22-24(13)2)18-12-25(11-15-5-3-4-6-16(15)18)21(26)19-9-20(27-23-19)14-7-8-14/h3-6,9-10,14,18H,7-8,11-12H2,1-2H3. The second-order valence-electron chi connectivity index (χ2n) is 7.63. The lowest BCUT2D eigenvalue weighted by molar-refractivity contribution is 0.0714. The second kappa shape index (κ2) is 6.08. The first-order valence-corrected chi connectivity index (χ1v) is 9.44. The normalized spacial score (nSPS) is 19.2. The fourth-order valence-corrected chi connectivity index (χ4v) is 4.00. The molecule has 2 aliphatic rings. The largest absolute Gasteiger partial charge is 0.360 e. The number of hydrogen-bond acceptors (Lipinski definition) is 4. The van der Waals surface area contributed by atoms with Gasteiger partial charge in [0.25, 0.3) is 5.91 Å². The van der Waals surface area contributed by atoms with Crippen LogP contribution in [0, 0.1) is 6.92 Å². The van der Waals surface area contributed by atoms with Crippen LogP contribution in [-0.4, -0.2) is 32.3 Å². The molecule has 1 fully saturated rings. The lowest BCUT2D eigenvalue weighted by Gasteiger charge is -2.34. The topological polar surface area (TPSA) is 64.2 Å². The lowest BCUT2D eigenvalue weighted by Crippen LogP contribution is -2.38. The van der Waals surface area contributed by atoms with E-state index in [0.717, 1.165) is 24.3 Å². The number of aromatic nitrogens is 3. The van der Waals surface area contributed by atoms with Crippen molar-refractivity contribution in [1.29, 1.82) is 0 Å². The molecule has 1 aromatic carbocycles. The highest BCUT2D eigenvalue weighted by Gasteiger charge is 2.34. The Hall–Kier alpha value is -2.89. The van der Waals surface area contributed by atoms with Crippen LogP contribution in [0.2, 0.25) is 0 Å². The van der Waals surface area contributed by atoms with Gasteiger partial charge in [-0.15, -0.1) is 0 Å². The Bertz CT molecular complexity index is 1010. The van der Waals surface area contributed by atoms with Gasteiger partial charge in [-0.25, -0.2) is 0 Å². The summed E-state index contributed by atoms with van der Waals surface area (Å²) in [6.07, 6.45) is 4.18. The first-order chi connectivity index (χ1) is 13.1. The van der Waals surface area contributed by atoms with Gasteiger partial charge in [-0.2, -0.15) is 5.10 Å². The average molecular weight is 362 g/mol. The van der Waals surface area contributed by atoms with Gasteiger partial charge in [0.1, 0.15) is 5.76 Å². The van der Waals surface area contributed by atoms with E-state index in [1.165, 1.54) is 16.7 Å². The zero-order valence-electron chi connectivity index (χ0n) is 15.6. The van der Waals surface area contributed by atoms with E-state index in [4.69, 9.17) is 4.52 Å². The van der Waals surface area contributed by atoms with Gasteiger partial charge in [-0.3, -0.25) is 9.48 Å². The SMILES string of the molecule is Cc1c(C2CN(C(=O)c3cc(C4CC4)on3)Cc3ccccc32)cnn1C. The van der Waals surface area contributed by atoms with Crippen LogP contribution in [0.5, 0.6) is 0 Å². The molecule has 1 amide bonds. The number of carbonyl (C=O) groups is 1. The van der Waals surface area contributed by atoms with Crippen molar-refractivity contribution < 1.29 is 9.32 Å². The number of amides is 1. The molecule has 1 aliphatic heterocycles. The Labute approximate surface area is 157 Å². The second-order valence-corrected chi connectivity index (χ2v) is 7.63. The Morgan fingerprint density at radius 3 is 2.78 bits per heavy atom. The fraction of sp³-hybridized carbons (Fsp3) is 0.381. The van der Waals surface area contributed by atoms with Crippen LogP contribution in [0.25, 0.3) is 0 Å². The van der Waals surface area contributed by atoms with Crippen molar-refractivity contribution in [2.75, 3.05) is 6.54 Å². The summed E-state index contributed by atoms with van der Waals surface area (Å²) in [7, 11) is 1.95. The Balaban J connectivity index is 1.49. The third-order valence-corrected chi connectivity index (χ3v) is 5.86. The van der Waals surface area contributed by atoms with Crippen molar-refractivity contribution in [1.82, 2.24) is 19.8 Å². The quantitative estimate of drug-likeness (QED) is 0.716. The summed E-state index contributed by atoms with van der Waals surface area (Å²) in [4.78, 5) is 15.0. The van der Waals surface area contributed by atoms with E-state index >= 15 is 0 Å². The van der Waals surface area contributed by atoms with Gasteiger partial charge in [0.05, 0.1) is 6.20 Å². The van der Waals surface area contributed by atoms with Crippen molar-refractivity contribution in [2.45, 2.75) is 38.1 Å². The van der Waals surface area contributed by atoms with Crippen LogP contribution in [-0.2, 0) is 13.6 Å². The minimum Gasteiger partial charge on any atom is -0.360 e. The van der Waals surface area contributed by atoms with E-state index < -0.39 is 0 Å². The summed E-state index contributed by atoms with van der Waals surface area (Å²) >= 11 is 0. The van der Waals surface area contributed by atoms with Gasteiger partial charge >= 0.3 is 0 Å².